The first-order valence-electron chi connectivity index (χ1n) is 8.65. The number of halogens is 1. The van der Waals surface area contributed by atoms with Gasteiger partial charge >= 0.3 is 0 Å². The lowest BCUT2D eigenvalue weighted by molar-refractivity contribution is -0.119. The molecule has 1 amide bonds. The van der Waals surface area contributed by atoms with Crippen molar-refractivity contribution in [2.24, 2.45) is 0 Å². The molecular weight excluding hydrogens is 387 g/mol. The number of rotatable bonds is 8. The molecule has 0 radical (unpaired) electrons. The first kappa shape index (κ1) is 19.9. The molecule has 7 nitrogen and oxygen atoms in total. The largest absolute Gasteiger partial charge is 0.493 e. The maximum absolute atomic E-state index is 13.3. The van der Waals surface area contributed by atoms with Gasteiger partial charge in [0.1, 0.15) is 12.4 Å². The summed E-state index contributed by atoms with van der Waals surface area (Å²) in [6, 6.07) is 9.17. The number of amides is 1. The molecule has 0 saturated heterocycles. The zero-order valence-corrected chi connectivity index (χ0v) is 16.3. The van der Waals surface area contributed by atoms with Crippen molar-refractivity contribution >= 4 is 21.6 Å². The van der Waals surface area contributed by atoms with Gasteiger partial charge in [0.05, 0.1) is 24.8 Å². The lowest BCUT2D eigenvalue weighted by Gasteiger charge is -2.24. The van der Waals surface area contributed by atoms with E-state index >= 15 is 0 Å². The van der Waals surface area contributed by atoms with Gasteiger partial charge in [-0.2, -0.15) is 0 Å². The summed E-state index contributed by atoms with van der Waals surface area (Å²) in [6.45, 7) is -0.418. The number of methoxy groups -OCH3 is 2. The van der Waals surface area contributed by atoms with Crippen molar-refractivity contribution in [3.05, 3.63) is 48.3 Å². The number of hydrogen-bond donors (Lipinski definition) is 1. The zero-order valence-electron chi connectivity index (χ0n) is 15.5. The topological polar surface area (TPSA) is 84.9 Å². The Labute approximate surface area is 163 Å². The Bertz CT molecular complexity index is 959. The number of sulfonamides is 1. The Balaban J connectivity index is 1.99. The first-order valence-corrected chi connectivity index (χ1v) is 10.1. The van der Waals surface area contributed by atoms with Gasteiger partial charge in [-0.15, -0.1) is 0 Å². The lowest BCUT2D eigenvalue weighted by atomic mass is 10.3. The molecule has 0 bridgehead atoms. The van der Waals surface area contributed by atoms with Gasteiger partial charge < -0.3 is 14.8 Å². The molecular formula is C19H21FN2O5S. The molecule has 0 heterocycles. The number of benzene rings is 2. The molecule has 0 unspecified atom stereocenters. The van der Waals surface area contributed by atoms with Crippen LogP contribution in [0.3, 0.4) is 0 Å². The Kier molecular flexibility index (Phi) is 5.73. The van der Waals surface area contributed by atoms with E-state index in [1.54, 1.807) is 0 Å². The fraction of sp³-hybridized carbons (Fsp3) is 0.316. The SMILES string of the molecule is COc1ccc(S(=O)(=O)N(CC(=O)NC2CC2)c2ccc(F)cc2)cc1OC. The van der Waals surface area contributed by atoms with E-state index in [4.69, 9.17) is 9.47 Å². The molecule has 9 heteroatoms. The van der Waals surface area contributed by atoms with Crippen molar-refractivity contribution in [2.45, 2.75) is 23.8 Å². The van der Waals surface area contributed by atoms with Crippen LogP contribution < -0.4 is 19.1 Å². The lowest BCUT2D eigenvalue weighted by Crippen LogP contribution is -2.41. The average Bonchev–Trinajstić information content (AvgIpc) is 3.50. The number of carbonyl (C=O) groups is 1. The normalized spacial score (nSPS) is 13.7. The third-order valence-corrected chi connectivity index (χ3v) is 6.06. The molecule has 1 saturated carbocycles. The van der Waals surface area contributed by atoms with Crippen LogP contribution in [0.4, 0.5) is 10.1 Å². The molecule has 1 fully saturated rings. The third-order valence-electron chi connectivity index (χ3n) is 4.29. The van der Waals surface area contributed by atoms with E-state index in [9.17, 15) is 17.6 Å². The Morgan fingerprint density at radius 2 is 1.75 bits per heavy atom. The molecule has 0 spiro atoms. The van der Waals surface area contributed by atoms with Crippen LogP contribution >= 0.6 is 0 Å². The van der Waals surface area contributed by atoms with Gasteiger partial charge in [-0.3, -0.25) is 9.10 Å². The van der Waals surface area contributed by atoms with Crippen molar-refractivity contribution < 1.29 is 27.1 Å². The van der Waals surface area contributed by atoms with Gasteiger partial charge in [0.2, 0.25) is 5.91 Å². The number of nitrogens with one attached hydrogen (secondary N) is 1. The van der Waals surface area contributed by atoms with Crippen molar-refractivity contribution in [1.82, 2.24) is 5.32 Å². The highest BCUT2D eigenvalue weighted by molar-refractivity contribution is 7.92. The van der Waals surface area contributed by atoms with E-state index in [0.29, 0.717) is 5.75 Å². The highest BCUT2D eigenvalue weighted by Crippen LogP contribution is 2.32. The minimum Gasteiger partial charge on any atom is -0.493 e. The maximum atomic E-state index is 13.3. The highest BCUT2D eigenvalue weighted by atomic mass is 32.2. The van der Waals surface area contributed by atoms with Crippen LogP contribution in [-0.2, 0) is 14.8 Å². The zero-order chi connectivity index (χ0) is 20.3. The summed E-state index contributed by atoms with van der Waals surface area (Å²) < 4.78 is 51.1. The molecule has 2 aromatic carbocycles. The molecule has 150 valence electrons. The second-order valence-electron chi connectivity index (χ2n) is 6.35. The third kappa shape index (κ3) is 4.36. The average molecular weight is 408 g/mol. The van der Waals surface area contributed by atoms with Gasteiger partial charge in [-0.25, -0.2) is 12.8 Å². The number of hydrogen-bond acceptors (Lipinski definition) is 5. The Morgan fingerprint density at radius 1 is 1.11 bits per heavy atom. The predicted octanol–water partition coefficient (Wildman–Crippen LogP) is 2.32. The van der Waals surface area contributed by atoms with Gasteiger partial charge in [0, 0.05) is 12.1 Å². The molecule has 0 aromatic heterocycles. The maximum Gasteiger partial charge on any atom is 0.264 e. The van der Waals surface area contributed by atoms with Crippen molar-refractivity contribution in [2.75, 3.05) is 25.1 Å². The van der Waals surface area contributed by atoms with E-state index in [-0.39, 0.29) is 22.4 Å². The van der Waals surface area contributed by atoms with Crippen LogP contribution in [0.1, 0.15) is 12.8 Å². The van der Waals surface area contributed by atoms with Crippen molar-refractivity contribution in [1.29, 1.82) is 0 Å². The predicted molar refractivity (Wildman–Crippen MR) is 102 cm³/mol. The Morgan fingerprint density at radius 3 is 2.32 bits per heavy atom. The summed E-state index contributed by atoms with van der Waals surface area (Å²) in [6.07, 6.45) is 1.76. The van der Waals surface area contributed by atoms with Gasteiger partial charge in [-0.1, -0.05) is 0 Å². The van der Waals surface area contributed by atoms with Gasteiger partial charge in [-0.05, 0) is 49.2 Å². The van der Waals surface area contributed by atoms with E-state index in [0.717, 1.165) is 29.3 Å². The molecule has 0 atom stereocenters. The van der Waals surface area contributed by atoms with E-state index < -0.39 is 28.3 Å². The quantitative estimate of drug-likeness (QED) is 0.725. The first-order chi connectivity index (χ1) is 13.3. The highest BCUT2D eigenvalue weighted by Gasteiger charge is 2.30. The second-order valence-corrected chi connectivity index (χ2v) is 8.21. The molecule has 1 aliphatic rings. The molecule has 0 aliphatic heterocycles. The number of nitrogens with zero attached hydrogens (tertiary/aromatic N) is 1. The summed E-state index contributed by atoms with van der Waals surface area (Å²) in [5.41, 5.74) is 0.183. The van der Waals surface area contributed by atoms with Gasteiger partial charge in [0.25, 0.3) is 10.0 Å². The van der Waals surface area contributed by atoms with Gasteiger partial charge in [0.15, 0.2) is 11.5 Å². The molecule has 28 heavy (non-hydrogen) atoms. The minimum atomic E-state index is -4.12. The fourth-order valence-electron chi connectivity index (χ4n) is 2.66. The summed E-state index contributed by atoms with van der Waals surface area (Å²) in [7, 11) is -1.28. The van der Waals surface area contributed by atoms with Crippen LogP contribution in [0.25, 0.3) is 0 Å². The van der Waals surface area contributed by atoms with Crippen molar-refractivity contribution in [3.8, 4) is 11.5 Å². The second kappa shape index (κ2) is 8.05. The van der Waals surface area contributed by atoms with E-state index in [1.807, 2.05) is 0 Å². The molecule has 2 aromatic rings. The van der Waals surface area contributed by atoms with Crippen molar-refractivity contribution in [3.63, 3.8) is 0 Å². The standard InChI is InChI=1S/C19H21FN2O5S/c1-26-17-10-9-16(11-18(17)27-2)28(24,25)22(12-19(23)21-14-5-6-14)15-7-3-13(20)4-8-15/h3-4,7-11,14H,5-6,12H2,1-2H3,(H,21,23). The van der Waals surface area contributed by atoms with Crippen LogP contribution in [0.5, 0.6) is 11.5 Å². The summed E-state index contributed by atoms with van der Waals surface area (Å²) >= 11 is 0. The summed E-state index contributed by atoms with van der Waals surface area (Å²) in [5, 5.41) is 2.77. The summed E-state index contributed by atoms with van der Waals surface area (Å²) in [5.74, 6) is -0.308. The van der Waals surface area contributed by atoms with Crippen LogP contribution in [0.15, 0.2) is 47.4 Å². The monoisotopic (exact) mass is 408 g/mol. The van der Waals surface area contributed by atoms with Crippen LogP contribution in [0.2, 0.25) is 0 Å². The number of ether oxygens (including phenoxy) is 2. The number of carbonyl (C=O) groups excluding carboxylic acids is 1. The number of anilines is 1. The minimum absolute atomic E-state index is 0.0753. The molecule has 1 N–H and O–H groups in total. The smallest absolute Gasteiger partial charge is 0.264 e. The fourth-order valence-corrected chi connectivity index (χ4v) is 4.09. The van der Waals surface area contributed by atoms with Crippen LogP contribution in [0, 0.1) is 5.82 Å². The summed E-state index contributed by atoms with van der Waals surface area (Å²) in [4.78, 5) is 12.2. The van der Waals surface area contributed by atoms with E-state index in [1.165, 1.54) is 44.6 Å². The Hall–Kier alpha value is -2.81. The van der Waals surface area contributed by atoms with E-state index in [2.05, 4.69) is 5.32 Å². The molecule has 3 rings (SSSR count). The molecule has 1 aliphatic carbocycles. The van der Waals surface area contributed by atoms with Crippen LogP contribution in [-0.4, -0.2) is 41.1 Å².